The highest BCUT2D eigenvalue weighted by Gasteiger charge is 2.14. The van der Waals surface area contributed by atoms with Gasteiger partial charge in [0.15, 0.2) is 0 Å². The summed E-state index contributed by atoms with van der Waals surface area (Å²) < 4.78 is 8.44. The average Bonchev–Trinajstić information content (AvgIpc) is 2.89. The van der Waals surface area contributed by atoms with Crippen molar-refractivity contribution >= 4 is 22.8 Å². The summed E-state index contributed by atoms with van der Waals surface area (Å²) in [6.07, 6.45) is 3.34. The first kappa shape index (κ1) is 18.5. The third-order valence-electron chi connectivity index (χ3n) is 4.46. The zero-order chi connectivity index (χ0) is 19.4. The molecule has 142 valence electrons. The third kappa shape index (κ3) is 3.94. The van der Waals surface area contributed by atoms with Crippen LogP contribution in [0.25, 0.3) is 11.0 Å². The van der Waals surface area contributed by atoms with E-state index >= 15 is 0 Å². The zero-order valence-corrected chi connectivity index (χ0v) is 15.7. The van der Waals surface area contributed by atoms with E-state index in [0.29, 0.717) is 23.5 Å². The van der Waals surface area contributed by atoms with Gasteiger partial charge < -0.3 is 15.4 Å². The van der Waals surface area contributed by atoms with E-state index in [0.717, 1.165) is 24.1 Å². The first-order valence-corrected chi connectivity index (χ1v) is 8.69. The summed E-state index contributed by atoms with van der Waals surface area (Å²) >= 11 is 0. The molecular weight excluding hydrogens is 346 g/mol. The molecule has 3 rings (SSSR count). The number of ether oxygens (including phenoxy) is 1. The van der Waals surface area contributed by atoms with E-state index in [1.807, 2.05) is 18.2 Å². The van der Waals surface area contributed by atoms with Crippen LogP contribution in [-0.2, 0) is 20.5 Å². The van der Waals surface area contributed by atoms with Gasteiger partial charge in [-0.15, -0.1) is 0 Å². The number of amides is 2. The number of nitrogens with one attached hydrogen (secondary N) is 2. The van der Waals surface area contributed by atoms with Crippen LogP contribution in [0.3, 0.4) is 0 Å². The molecule has 8 nitrogen and oxygen atoms in total. The van der Waals surface area contributed by atoms with Crippen molar-refractivity contribution in [3.63, 3.8) is 0 Å². The third-order valence-corrected chi connectivity index (χ3v) is 4.46. The lowest BCUT2D eigenvalue weighted by Gasteiger charge is -2.12. The summed E-state index contributed by atoms with van der Waals surface area (Å²) in [4.78, 5) is 28.6. The summed E-state index contributed by atoms with van der Waals surface area (Å²) in [7, 11) is 4.92. The number of rotatable bonds is 6. The van der Waals surface area contributed by atoms with E-state index in [9.17, 15) is 9.59 Å². The predicted molar refractivity (Wildman–Crippen MR) is 104 cm³/mol. The fraction of sp³-hybridized carbons (Fsp3) is 0.316. The number of anilines is 1. The van der Waals surface area contributed by atoms with Gasteiger partial charge in [0.2, 0.25) is 0 Å². The average molecular weight is 369 g/mol. The van der Waals surface area contributed by atoms with Gasteiger partial charge in [-0.05, 0) is 31.0 Å². The second kappa shape index (κ2) is 7.94. The van der Waals surface area contributed by atoms with Gasteiger partial charge in [0.05, 0.1) is 23.8 Å². The van der Waals surface area contributed by atoms with Crippen LogP contribution in [0.5, 0.6) is 5.75 Å². The number of carbonyl (C=O) groups is 1. The molecule has 0 aliphatic rings. The summed E-state index contributed by atoms with van der Waals surface area (Å²) in [6.45, 7) is 0.525. The van der Waals surface area contributed by atoms with Crippen LogP contribution >= 0.6 is 0 Å². The van der Waals surface area contributed by atoms with Crippen LogP contribution in [0, 0.1) is 0 Å². The van der Waals surface area contributed by atoms with E-state index in [4.69, 9.17) is 4.74 Å². The number of aryl methyl sites for hydroxylation is 3. The maximum Gasteiger partial charge on any atom is 0.328 e. The minimum Gasteiger partial charge on any atom is -0.494 e. The SMILES string of the molecule is COc1cc2c(cc1NC(=O)NCCCc1ccccn1)n(C)c(=O)n2C. The van der Waals surface area contributed by atoms with Gasteiger partial charge in [-0.25, -0.2) is 9.59 Å². The molecule has 2 aromatic heterocycles. The van der Waals surface area contributed by atoms with Gasteiger partial charge >= 0.3 is 11.7 Å². The second-order valence-corrected chi connectivity index (χ2v) is 6.25. The van der Waals surface area contributed by atoms with Crippen molar-refractivity contribution in [2.24, 2.45) is 14.1 Å². The Labute approximate surface area is 156 Å². The first-order valence-electron chi connectivity index (χ1n) is 8.69. The van der Waals surface area contributed by atoms with E-state index < -0.39 is 0 Å². The molecule has 8 heteroatoms. The molecule has 0 spiro atoms. The lowest BCUT2D eigenvalue weighted by molar-refractivity contribution is 0.252. The molecule has 0 atom stereocenters. The molecule has 3 aromatic rings. The Hall–Kier alpha value is -3.29. The van der Waals surface area contributed by atoms with Gasteiger partial charge in [-0.1, -0.05) is 6.07 Å². The van der Waals surface area contributed by atoms with Crippen LogP contribution in [0.1, 0.15) is 12.1 Å². The number of hydrogen-bond donors (Lipinski definition) is 2. The van der Waals surface area contributed by atoms with Crippen LogP contribution in [-0.4, -0.2) is 33.8 Å². The number of urea groups is 1. The van der Waals surface area contributed by atoms with Gasteiger partial charge in [0, 0.05) is 38.6 Å². The summed E-state index contributed by atoms with van der Waals surface area (Å²) in [6, 6.07) is 8.94. The van der Waals surface area contributed by atoms with E-state index in [-0.39, 0.29) is 11.7 Å². The van der Waals surface area contributed by atoms with Crippen LogP contribution in [0.2, 0.25) is 0 Å². The Morgan fingerprint density at radius 2 is 1.93 bits per heavy atom. The van der Waals surface area contributed by atoms with Gasteiger partial charge in [-0.2, -0.15) is 0 Å². The molecule has 2 amide bonds. The Balaban J connectivity index is 1.65. The fourth-order valence-electron chi connectivity index (χ4n) is 2.98. The van der Waals surface area contributed by atoms with Gasteiger partial charge in [0.25, 0.3) is 0 Å². The molecule has 1 aromatic carbocycles. The van der Waals surface area contributed by atoms with Crippen molar-refractivity contribution in [2.45, 2.75) is 12.8 Å². The molecule has 0 saturated carbocycles. The molecule has 0 aliphatic heterocycles. The number of benzene rings is 1. The fourth-order valence-corrected chi connectivity index (χ4v) is 2.98. The minimum absolute atomic E-state index is 0.136. The normalized spacial score (nSPS) is 10.8. The van der Waals surface area contributed by atoms with E-state index in [1.165, 1.54) is 11.7 Å². The molecular formula is C19H23N5O3. The van der Waals surface area contributed by atoms with Crippen molar-refractivity contribution in [2.75, 3.05) is 19.0 Å². The Morgan fingerprint density at radius 3 is 2.59 bits per heavy atom. The number of imidazole rings is 1. The molecule has 2 heterocycles. The highest BCUT2D eigenvalue weighted by Crippen LogP contribution is 2.29. The quantitative estimate of drug-likeness (QED) is 0.651. The molecule has 0 saturated heterocycles. The molecule has 27 heavy (non-hydrogen) atoms. The number of nitrogens with zero attached hydrogens (tertiary/aromatic N) is 3. The Bertz CT molecular complexity index is 1010. The number of fused-ring (bicyclic) bond motifs is 1. The van der Waals surface area contributed by atoms with E-state index in [1.54, 1.807) is 37.0 Å². The maximum absolute atomic E-state index is 12.2. The van der Waals surface area contributed by atoms with Crippen molar-refractivity contribution in [3.05, 3.63) is 52.7 Å². The van der Waals surface area contributed by atoms with Crippen molar-refractivity contribution in [1.29, 1.82) is 0 Å². The standard InChI is InChI=1S/C19H23N5O3/c1-23-15-11-14(17(27-3)12-16(15)24(2)19(23)26)22-18(25)21-10-6-8-13-7-4-5-9-20-13/h4-5,7,9,11-12H,6,8,10H2,1-3H3,(H2,21,22,25). The molecule has 2 N–H and O–H groups in total. The number of pyridine rings is 1. The van der Waals surface area contributed by atoms with Crippen molar-refractivity contribution in [1.82, 2.24) is 19.4 Å². The highest BCUT2D eigenvalue weighted by molar-refractivity contribution is 5.94. The monoisotopic (exact) mass is 369 g/mol. The van der Waals surface area contributed by atoms with Gasteiger partial charge in [0.1, 0.15) is 5.75 Å². The Morgan fingerprint density at radius 1 is 1.19 bits per heavy atom. The van der Waals surface area contributed by atoms with Crippen molar-refractivity contribution in [3.8, 4) is 5.75 Å². The number of methoxy groups -OCH3 is 1. The lowest BCUT2D eigenvalue weighted by Crippen LogP contribution is -2.30. The molecule has 0 radical (unpaired) electrons. The van der Waals surface area contributed by atoms with Gasteiger partial charge in [-0.3, -0.25) is 14.1 Å². The molecule has 0 aliphatic carbocycles. The minimum atomic E-state index is -0.324. The lowest BCUT2D eigenvalue weighted by atomic mass is 10.2. The molecule has 0 bridgehead atoms. The number of aromatic nitrogens is 3. The zero-order valence-electron chi connectivity index (χ0n) is 15.7. The van der Waals surface area contributed by atoms with Crippen LogP contribution in [0.4, 0.5) is 10.5 Å². The molecule has 0 fully saturated rings. The Kier molecular flexibility index (Phi) is 5.44. The maximum atomic E-state index is 12.2. The van der Waals surface area contributed by atoms with Crippen molar-refractivity contribution < 1.29 is 9.53 Å². The highest BCUT2D eigenvalue weighted by atomic mass is 16.5. The summed E-state index contributed by atoms with van der Waals surface area (Å²) in [5, 5.41) is 5.62. The largest absolute Gasteiger partial charge is 0.494 e. The van der Waals surface area contributed by atoms with Crippen LogP contribution < -0.4 is 21.1 Å². The number of carbonyl (C=O) groups excluding carboxylic acids is 1. The smallest absolute Gasteiger partial charge is 0.328 e. The topological polar surface area (TPSA) is 90.2 Å². The second-order valence-electron chi connectivity index (χ2n) is 6.25. The molecule has 0 unspecified atom stereocenters. The predicted octanol–water partition coefficient (Wildman–Crippen LogP) is 2.03. The summed E-state index contributed by atoms with van der Waals surface area (Å²) in [5.74, 6) is 0.493. The number of hydrogen-bond acceptors (Lipinski definition) is 4. The van der Waals surface area contributed by atoms with Crippen LogP contribution in [0.15, 0.2) is 41.3 Å². The summed E-state index contributed by atoms with van der Waals surface area (Å²) in [5.41, 5.74) is 2.82. The van der Waals surface area contributed by atoms with E-state index in [2.05, 4.69) is 15.6 Å². The first-order chi connectivity index (χ1) is 13.0.